The van der Waals surface area contributed by atoms with Gasteiger partial charge in [-0.3, -0.25) is 9.67 Å². The van der Waals surface area contributed by atoms with Crippen molar-refractivity contribution in [1.82, 2.24) is 9.78 Å². The first-order valence-corrected chi connectivity index (χ1v) is 8.70. The van der Waals surface area contributed by atoms with Gasteiger partial charge in [0.05, 0.1) is 35.6 Å². The number of carbonyl (C=O) groups is 1. The molecular weight excluding hydrogens is 418 g/mol. The van der Waals surface area contributed by atoms with Crippen LogP contribution in [0.5, 0.6) is 0 Å². The van der Waals surface area contributed by atoms with E-state index < -0.39 is 47.7 Å². The van der Waals surface area contributed by atoms with Gasteiger partial charge in [0.25, 0.3) is 0 Å². The number of hydrogen-bond donors (Lipinski definition) is 1. The van der Waals surface area contributed by atoms with E-state index in [0.29, 0.717) is 30.1 Å². The molecular formula is C18H16F6N4O2. The van der Waals surface area contributed by atoms with Crippen LogP contribution in [0.2, 0.25) is 0 Å². The van der Waals surface area contributed by atoms with Gasteiger partial charge in [-0.1, -0.05) is 0 Å². The van der Waals surface area contributed by atoms with E-state index in [4.69, 9.17) is 10.5 Å². The number of benzene rings is 1. The van der Waals surface area contributed by atoms with Gasteiger partial charge in [-0.15, -0.1) is 0 Å². The summed E-state index contributed by atoms with van der Waals surface area (Å²) in [6.45, 7) is 1.50. The molecule has 0 spiro atoms. The predicted octanol–water partition coefficient (Wildman–Crippen LogP) is 3.49. The molecule has 3 rings (SSSR count). The van der Waals surface area contributed by atoms with Crippen LogP contribution in [0.3, 0.4) is 0 Å². The van der Waals surface area contributed by atoms with E-state index in [1.54, 1.807) is 6.92 Å². The SMILES string of the molecule is CC(N)c1cc2n(n1)CCN=C2C(=O)OCc1cc(C(F)(F)F)cc(C(F)(F)F)c1. The summed E-state index contributed by atoms with van der Waals surface area (Å²) in [7, 11) is 0. The molecule has 2 aromatic rings. The molecule has 0 amide bonds. The molecule has 0 saturated heterocycles. The summed E-state index contributed by atoms with van der Waals surface area (Å²) in [6.07, 6.45) is -9.98. The summed E-state index contributed by atoms with van der Waals surface area (Å²) in [4.78, 5) is 16.5. The van der Waals surface area contributed by atoms with Crippen molar-refractivity contribution < 1.29 is 35.9 Å². The number of alkyl halides is 6. The Morgan fingerprint density at radius 3 is 2.27 bits per heavy atom. The molecule has 6 nitrogen and oxygen atoms in total. The number of aromatic nitrogens is 2. The Morgan fingerprint density at radius 2 is 1.73 bits per heavy atom. The van der Waals surface area contributed by atoms with Crippen molar-refractivity contribution in [3.63, 3.8) is 0 Å². The van der Waals surface area contributed by atoms with E-state index >= 15 is 0 Å². The van der Waals surface area contributed by atoms with Crippen LogP contribution in [-0.4, -0.2) is 28.0 Å². The Morgan fingerprint density at radius 1 is 1.13 bits per heavy atom. The lowest BCUT2D eigenvalue weighted by Crippen LogP contribution is -2.27. The number of hydrogen-bond acceptors (Lipinski definition) is 5. The Bertz CT molecular complexity index is 959. The van der Waals surface area contributed by atoms with Gasteiger partial charge >= 0.3 is 18.3 Å². The van der Waals surface area contributed by atoms with Crippen LogP contribution in [-0.2, 0) is 35.0 Å². The third kappa shape index (κ3) is 4.64. The van der Waals surface area contributed by atoms with Crippen LogP contribution < -0.4 is 5.73 Å². The molecule has 0 aliphatic carbocycles. The average molecular weight is 434 g/mol. The highest BCUT2D eigenvalue weighted by atomic mass is 19.4. The summed E-state index contributed by atoms with van der Waals surface area (Å²) in [5.41, 5.74) is 3.03. The molecule has 1 aliphatic rings. The van der Waals surface area contributed by atoms with Crippen molar-refractivity contribution in [2.75, 3.05) is 6.54 Å². The van der Waals surface area contributed by atoms with Crippen LogP contribution in [0.25, 0.3) is 0 Å². The maximum Gasteiger partial charge on any atom is 0.416 e. The summed E-state index contributed by atoms with van der Waals surface area (Å²) < 4.78 is 84.1. The number of nitrogens with zero attached hydrogens (tertiary/aromatic N) is 3. The first-order valence-electron chi connectivity index (χ1n) is 8.70. The molecule has 1 aromatic heterocycles. The molecule has 0 fully saturated rings. The largest absolute Gasteiger partial charge is 0.456 e. The second-order valence-electron chi connectivity index (χ2n) is 6.69. The molecule has 0 saturated carbocycles. The van der Waals surface area contributed by atoms with Crippen LogP contribution in [0.1, 0.15) is 41.0 Å². The van der Waals surface area contributed by atoms with E-state index in [0.717, 1.165) is 0 Å². The zero-order chi connectivity index (χ0) is 22.3. The second kappa shape index (κ2) is 7.74. The lowest BCUT2D eigenvalue weighted by atomic mass is 10.1. The number of fused-ring (bicyclic) bond motifs is 1. The smallest absolute Gasteiger partial charge is 0.416 e. The third-order valence-corrected chi connectivity index (χ3v) is 4.30. The number of esters is 1. The summed E-state index contributed by atoms with van der Waals surface area (Å²) in [5, 5.41) is 4.23. The number of halogens is 6. The van der Waals surface area contributed by atoms with Crippen molar-refractivity contribution in [1.29, 1.82) is 0 Å². The fraction of sp³-hybridized carbons (Fsp3) is 0.389. The average Bonchev–Trinajstić information content (AvgIpc) is 3.09. The standard InChI is InChI=1S/C18H16F6N4O2/c1-9(25)13-7-14-15(26-2-3-28(14)27-13)16(29)30-8-10-4-11(17(19,20)21)6-12(5-10)18(22,23)24/h4-7,9H,2-3,8,25H2,1H3. The van der Waals surface area contributed by atoms with Crippen LogP contribution in [0.15, 0.2) is 29.3 Å². The molecule has 0 bridgehead atoms. The number of aliphatic imine (C=N–C) groups is 1. The topological polar surface area (TPSA) is 82.5 Å². The first-order chi connectivity index (χ1) is 13.9. The van der Waals surface area contributed by atoms with Crippen LogP contribution in [0, 0.1) is 0 Å². The quantitative estimate of drug-likeness (QED) is 0.590. The Balaban J connectivity index is 1.82. The van der Waals surface area contributed by atoms with E-state index in [1.165, 1.54) is 10.7 Å². The van der Waals surface area contributed by atoms with E-state index in [9.17, 15) is 31.1 Å². The maximum absolute atomic E-state index is 12.9. The molecule has 0 radical (unpaired) electrons. The van der Waals surface area contributed by atoms with Crippen molar-refractivity contribution in [2.24, 2.45) is 10.7 Å². The van der Waals surface area contributed by atoms with Gasteiger partial charge in [0.2, 0.25) is 0 Å². The predicted molar refractivity (Wildman–Crippen MR) is 92.5 cm³/mol. The lowest BCUT2D eigenvalue weighted by Gasteiger charge is -2.16. The van der Waals surface area contributed by atoms with Gasteiger partial charge in [-0.25, -0.2) is 4.79 Å². The molecule has 162 valence electrons. The monoisotopic (exact) mass is 434 g/mol. The number of ether oxygens (including phenoxy) is 1. The lowest BCUT2D eigenvalue weighted by molar-refractivity contribution is -0.143. The zero-order valence-electron chi connectivity index (χ0n) is 15.5. The minimum Gasteiger partial charge on any atom is -0.456 e. The highest BCUT2D eigenvalue weighted by Gasteiger charge is 2.37. The fourth-order valence-corrected chi connectivity index (χ4v) is 2.85. The fourth-order valence-electron chi connectivity index (χ4n) is 2.85. The highest BCUT2D eigenvalue weighted by Crippen LogP contribution is 2.36. The van der Waals surface area contributed by atoms with Gasteiger partial charge in [0, 0.05) is 6.04 Å². The number of rotatable bonds is 4. The molecule has 2 heterocycles. The molecule has 1 atom stereocenters. The van der Waals surface area contributed by atoms with Gasteiger partial charge in [-0.05, 0) is 36.8 Å². The Labute approximate surface area is 166 Å². The second-order valence-corrected chi connectivity index (χ2v) is 6.69. The molecule has 1 aromatic carbocycles. The van der Waals surface area contributed by atoms with Crippen molar-refractivity contribution in [2.45, 2.75) is 38.5 Å². The van der Waals surface area contributed by atoms with Crippen molar-refractivity contribution in [3.8, 4) is 0 Å². The summed E-state index contributed by atoms with van der Waals surface area (Å²) >= 11 is 0. The van der Waals surface area contributed by atoms with Gasteiger partial charge in [0.15, 0.2) is 5.71 Å². The summed E-state index contributed by atoms with van der Waals surface area (Å²) in [5.74, 6) is -0.988. The molecule has 1 unspecified atom stereocenters. The minimum atomic E-state index is -4.99. The van der Waals surface area contributed by atoms with Crippen molar-refractivity contribution >= 4 is 11.7 Å². The Hall–Kier alpha value is -2.89. The third-order valence-electron chi connectivity index (χ3n) is 4.30. The van der Waals surface area contributed by atoms with Crippen LogP contribution in [0.4, 0.5) is 26.3 Å². The number of nitrogens with two attached hydrogens (primary N) is 1. The number of carbonyl (C=O) groups excluding carboxylic acids is 1. The van der Waals surface area contributed by atoms with Crippen LogP contribution >= 0.6 is 0 Å². The highest BCUT2D eigenvalue weighted by molar-refractivity contribution is 6.43. The summed E-state index contributed by atoms with van der Waals surface area (Å²) in [6, 6.07) is 2.14. The van der Waals surface area contributed by atoms with Gasteiger partial charge in [-0.2, -0.15) is 31.4 Å². The molecule has 12 heteroatoms. The van der Waals surface area contributed by atoms with E-state index in [-0.39, 0.29) is 18.3 Å². The van der Waals surface area contributed by atoms with Crippen molar-refractivity contribution in [3.05, 3.63) is 52.3 Å². The molecule has 1 aliphatic heterocycles. The van der Waals surface area contributed by atoms with E-state index in [2.05, 4.69) is 10.1 Å². The first kappa shape index (κ1) is 21.8. The van der Waals surface area contributed by atoms with Gasteiger partial charge in [0.1, 0.15) is 6.61 Å². The van der Waals surface area contributed by atoms with Gasteiger partial charge < -0.3 is 10.5 Å². The maximum atomic E-state index is 12.9. The zero-order valence-corrected chi connectivity index (χ0v) is 15.5. The van der Waals surface area contributed by atoms with E-state index in [1.807, 2.05) is 0 Å². The minimum absolute atomic E-state index is 0.00457. The molecule has 30 heavy (non-hydrogen) atoms. The molecule has 2 N–H and O–H groups in total. The Kier molecular flexibility index (Phi) is 5.63. The normalized spacial score (nSPS) is 15.4.